The molecule has 0 aliphatic carbocycles. The number of para-hydroxylation sites is 2. The van der Waals surface area contributed by atoms with E-state index in [4.69, 9.17) is 9.47 Å². The van der Waals surface area contributed by atoms with Crippen molar-refractivity contribution in [1.82, 2.24) is 4.90 Å². The van der Waals surface area contributed by atoms with Gasteiger partial charge in [0.05, 0.1) is 11.5 Å². The second-order valence-electron chi connectivity index (χ2n) is 6.10. The maximum Gasteiger partial charge on any atom is 0.272 e. The molecule has 7 nitrogen and oxygen atoms in total. The summed E-state index contributed by atoms with van der Waals surface area (Å²) in [5, 5.41) is 10.9. The minimum Gasteiger partial charge on any atom is -0.486 e. The fourth-order valence-electron chi connectivity index (χ4n) is 2.93. The third-order valence-corrected chi connectivity index (χ3v) is 4.30. The molecule has 0 N–H and O–H groups in total. The van der Waals surface area contributed by atoms with Gasteiger partial charge in [0.15, 0.2) is 17.6 Å². The lowest BCUT2D eigenvalue weighted by Crippen LogP contribution is -2.43. The van der Waals surface area contributed by atoms with E-state index in [2.05, 4.69) is 0 Å². The van der Waals surface area contributed by atoms with Gasteiger partial charge >= 0.3 is 0 Å². The van der Waals surface area contributed by atoms with Gasteiger partial charge in [-0.15, -0.1) is 0 Å². The summed E-state index contributed by atoms with van der Waals surface area (Å²) in [6.45, 7) is 4.74. The first-order chi connectivity index (χ1) is 12.5. The molecule has 1 heterocycles. The van der Waals surface area contributed by atoms with Crippen LogP contribution >= 0.6 is 0 Å². The quantitative estimate of drug-likeness (QED) is 0.607. The first kappa shape index (κ1) is 17.7. The van der Waals surface area contributed by atoms with Crippen LogP contribution in [0.1, 0.15) is 22.8 Å². The van der Waals surface area contributed by atoms with Gasteiger partial charge in [0.25, 0.3) is 11.6 Å². The fourth-order valence-corrected chi connectivity index (χ4v) is 2.93. The molecule has 1 aliphatic rings. The summed E-state index contributed by atoms with van der Waals surface area (Å²) in [6, 6.07) is 11.8. The van der Waals surface area contributed by atoms with Crippen molar-refractivity contribution in [2.24, 2.45) is 0 Å². The minimum absolute atomic E-state index is 0.00483. The van der Waals surface area contributed by atoms with Crippen molar-refractivity contribution in [3.63, 3.8) is 0 Å². The topological polar surface area (TPSA) is 81.9 Å². The van der Waals surface area contributed by atoms with E-state index in [9.17, 15) is 14.9 Å². The molecule has 1 aliphatic heterocycles. The molecule has 7 heteroatoms. The molecule has 0 spiro atoms. The summed E-state index contributed by atoms with van der Waals surface area (Å²) in [5.41, 5.74) is 0.889. The van der Waals surface area contributed by atoms with Crippen LogP contribution in [0.2, 0.25) is 0 Å². The molecule has 1 unspecified atom stereocenters. The van der Waals surface area contributed by atoms with Gasteiger partial charge in [0, 0.05) is 23.7 Å². The van der Waals surface area contributed by atoms with Crippen LogP contribution in [0.4, 0.5) is 5.69 Å². The number of aryl methyl sites for hydroxylation is 1. The molecule has 0 saturated heterocycles. The Morgan fingerprint density at radius 3 is 2.65 bits per heavy atom. The van der Waals surface area contributed by atoms with Gasteiger partial charge in [0.2, 0.25) is 0 Å². The van der Waals surface area contributed by atoms with Crippen LogP contribution in [0.25, 0.3) is 0 Å². The lowest BCUT2D eigenvalue weighted by atomic mass is 10.1. The first-order valence-corrected chi connectivity index (χ1v) is 8.42. The molecule has 2 aromatic carbocycles. The number of benzene rings is 2. The van der Waals surface area contributed by atoms with E-state index in [1.54, 1.807) is 17.9 Å². The molecule has 1 atom stereocenters. The Morgan fingerprint density at radius 1 is 1.27 bits per heavy atom. The van der Waals surface area contributed by atoms with Crippen LogP contribution in [0.15, 0.2) is 42.5 Å². The number of hydrogen-bond acceptors (Lipinski definition) is 5. The van der Waals surface area contributed by atoms with Crippen LogP contribution in [-0.2, 0) is 0 Å². The SMILES string of the molecule is CCN(CC1COc2ccccc2O1)C(=O)c1ccc([N+](=O)[O-])c(C)c1. The second kappa shape index (κ2) is 7.43. The van der Waals surface area contributed by atoms with E-state index in [0.717, 1.165) is 0 Å². The molecule has 2 aromatic rings. The number of carbonyl (C=O) groups excluding carboxylic acids is 1. The van der Waals surface area contributed by atoms with Crippen molar-refractivity contribution in [3.05, 3.63) is 63.7 Å². The van der Waals surface area contributed by atoms with Gasteiger partial charge in [-0.3, -0.25) is 14.9 Å². The normalized spacial score (nSPS) is 15.4. The highest BCUT2D eigenvalue weighted by Crippen LogP contribution is 2.31. The number of carbonyl (C=O) groups is 1. The molecule has 0 aromatic heterocycles. The van der Waals surface area contributed by atoms with Crippen molar-refractivity contribution in [2.45, 2.75) is 20.0 Å². The summed E-state index contributed by atoms with van der Waals surface area (Å²) in [4.78, 5) is 24.9. The highest BCUT2D eigenvalue weighted by atomic mass is 16.6. The molecule has 3 rings (SSSR count). The Bertz CT molecular complexity index is 836. The summed E-state index contributed by atoms with van der Waals surface area (Å²) >= 11 is 0. The second-order valence-corrected chi connectivity index (χ2v) is 6.10. The number of rotatable bonds is 5. The Labute approximate surface area is 151 Å². The van der Waals surface area contributed by atoms with Gasteiger partial charge in [-0.1, -0.05) is 12.1 Å². The molecule has 1 amide bonds. The maximum atomic E-state index is 12.8. The van der Waals surface area contributed by atoms with E-state index in [-0.39, 0.29) is 17.7 Å². The van der Waals surface area contributed by atoms with Crippen molar-refractivity contribution in [2.75, 3.05) is 19.7 Å². The van der Waals surface area contributed by atoms with Crippen molar-refractivity contribution in [1.29, 1.82) is 0 Å². The highest BCUT2D eigenvalue weighted by molar-refractivity contribution is 5.94. The predicted molar refractivity (Wildman–Crippen MR) is 95.8 cm³/mol. The molecule has 0 radical (unpaired) electrons. The summed E-state index contributed by atoms with van der Waals surface area (Å²) in [5.74, 6) is 1.18. The molecule has 136 valence electrons. The number of hydrogen-bond donors (Lipinski definition) is 0. The summed E-state index contributed by atoms with van der Waals surface area (Å²) < 4.78 is 11.6. The van der Waals surface area contributed by atoms with Crippen molar-refractivity contribution in [3.8, 4) is 11.5 Å². The number of fused-ring (bicyclic) bond motifs is 1. The van der Waals surface area contributed by atoms with E-state index >= 15 is 0 Å². The first-order valence-electron chi connectivity index (χ1n) is 8.42. The number of amides is 1. The number of ether oxygens (including phenoxy) is 2. The molecular weight excluding hydrogens is 336 g/mol. The predicted octanol–water partition coefficient (Wildman–Crippen LogP) is 3.21. The lowest BCUT2D eigenvalue weighted by molar-refractivity contribution is -0.385. The van der Waals surface area contributed by atoms with Gasteiger partial charge in [-0.25, -0.2) is 0 Å². The minimum atomic E-state index is -0.453. The fraction of sp³-hybridized carbons (Fsp3) is 0.316. The highest BCUT2D eigenvalue weighted by Gasteiger charge is 2.26. The number of nitrogens with zero attached hydrogens (tertiary/aromatic N) is 2. The third kappa shape index (κ3) is 3.61. The Hall–Kier alpha value is -3.09. The number of nitro groups is 1. The molecule has 0 bridgehead atoms. The van der Waals surface area contributed by atoms with Crippen molar-refractivity contribution >= 4 is 11.6 Å². The van der Waals surface area contributed by atoms with E-state index in [1.807, 2.05) is 31.2 Å². The largest absolute Gasteiger partial charge is 0.486 e. The molecule has 0 fully saturated rings. The van der Waals surface area contributed by atoms with Crippen LogP contribution in [0, 0.1) is 17.0 Å². The van der Waals surface area contributed by atoms with Gasteiger partial charge in [-0.2, -0.15) is 0 Å². The van der Waals surface area contributed by atoms with Crippen molar-refractivity contribution < 1.29 is 19.2 Å². The average molecular weight is 356 g/mol. The van der Waals surface area contributed by atoms with Gasteiger partial charge < -0.3 is 14.4 Å². The van der Waals surface area contributed by atoms with Crippen LogP contribution < -0.4 is 9.47 Å². The van der Waals surface area contributed by atoms with Gasteiger partial charge in [0.1, 0.15) is 6.61 Å². The third-order valence-electron chi connectivity index (χ3n) is 4.30. The maximum absolute atomic E-state index is 12.8. The standard InChI is InChI=1S/C19H20N2O5/c1-3-20(11-15-12-25-17-6-4-5-7-18(17)26-15)19(22)14-8-9-16(21(23)24)13(2)10-14/h4-10,15H,3,11-12H2,1-2H3. The molecule has 26 heavy (non-hydrogen) atoms. The van der Waals surface area contributed by atoms with E-state index in [1.165, 1.54) is 12.1 Å². The Balaban J connectivity index is 1.72. The monoisotopic (exact) mass is 356 g/mol. The smallest absolute Gasteiger partial charge is 0.272 e. The zero-order valence-electron chi connectivity index (χ0n) is 14.7. The average Bonchev–Trinajstić information content (AvgIpc) is 2.65. The van der Waals surface area contributed by atoms with Crippen LogP contribution in [-0.4, -0.2) is 41.5 Å². The molecule has 0 saturated carbocycles. The zero-order chi connectivity index (χ0) is 18.7. The van der Waals surface area contributed by atoms with E-state index in [0.29, 0.717) is 42.3 Å². The number of likely N-dealkylation sites (N-methyl/N-ethyl adjacent to an activating group) is 1. The van der Waals surface area contributed by atoms with E-state index < -0.39 is 4.92 Å². The van der Waals surface area contributed by atoms with Crippen LogP contribution in [0.5, 0.6) is 11.5 Å². The lowest BCUT2D eigenvalue weighted by Gasteiger charge is -2.31. The molecular formula is C19H20N2O5. The zero-order valence-corrected chi connectivity index (χ0v) is 14.7. The van der Waals surface area contributed by atoms with Gasteiger partial charge in [-0.05, 0) is 38.1 Å². The van der Waals surface area contributed by atoms with Crippen LogP contribution in [0.3, 0.4) is 0 Å². The Kier molecular flexibility index (Phi) is 5.06. The number of nitro benzene ring substituents is 1. The Morgan fingerprint density at radius 2 is 2.00 bits per heavy atom. The summed E-state index contributed by atoms with van der Waals surface area (Å²) in [6.07, 6.45) is -0.270. The summed E-state index contributed by atoms with van der Waals surface area (Å²) in [7, 11) is 0.